The van der Waals surface area contributed by atoms with Crippen molar-refractivity contribution in [2.24, 2.45) is 0 Å². The van der Waals surface area contributed by atoms with E-state index in [0.717, 1.165) is 49.6 Å². The van der Waals surface area contributed by atoms with Crippen LogP contribution in [0.1, 0.15) is 48.2 Å². The molecular weight excluding hydrogens is 326 g/mol. The molecule has 1 aromatic heterocycles. The lowest BCUT2D eigenvalue weighted by Gasteiger charge is -2.32. The first-order valence-electron chi connectivity index (χ1n) is 8.40. The van der Waals surface area contributed by atoms with Crippen molar-refractivity contribution in [2.45, 2.75) is 37.6 Å². The normalized spacial score (nSPS) is 20.9. The predicted octanol–water partition coefficient (Wildman–Crippen LogP) is 3.03. The molecule has 2 heterocycles. The molecule has 0 radical (unpaired) electrons. The average Bonchev–Trinajstić information content (AvgIpc) is 3.25. The van der Waals surface area contributed by atoms with E-state index >= 15 is 0 Å². The van der Waals surface area contributed by atoms with Crippen LogP contribution in [0.4, 0.5) is 4.79 Å². The Morgan fingerprint density at radius 2 is 2.12 bits per heavy atom. The Bertz CT molecular complexity index is 725. The zero-order valence-electron chi connectivity index (χ0n) is 13.3. The van der Waals surface area contributed by atoms with Crippen molar-refractivity contribution in [2.75, 3.05) is 13.1 Å². The number of nitrogens with one attached hydrogen (secondary N) is 2. The summed E-state index contributed by atoms with van der Waals surface area (Å²) in [6.45, 7) is 1.49. The number of hydrogen-bond acceptors (Lipinski definition) is 3. The Hall–Kier alpha value is -2.08. The van der Waals surface area contributed by atoms with E-state index in [1.165, 1.54) is 17.5 Å². The molecule has 7 heteroatoms. The second kappa shape index (κ2) is 6.43. The van der Waals surface area contributed by atoms with E-state index in [2.05, 4.69) is 20.5 Å². The number of halogens is 1. The van der Waals surface area contributed by atoms with Gasteiger partial charge in [-0.15, -0.1) is 0 Å². The fourth-order valence-electron chi connectivity index (χ4n) is 3.74. The first kappa shape index (κ1) is 15.4. The maximum Gasteiger partial charge on any atom is 0.317 e. The van der Waals surface area contributed by atoms with Gasteiger partial charge in [0, 0.05) is 24.0 Å². The highest BCUT2D eigenvalue weighted by Crippen LogP contribution is 2.33. The lowest BCUT2D eigenvalue weighted by molar-refractivity contribution is 0.176. The quantitative estimate of drug-likeness (QED) is 0.878. The van der Waals surface area contributed by atoms with Gasteiger partial charge >= 0.3 is 6.03 Å². The monoisotopic (exact) mass is 345 g/mol. The predicted molar refractivity (Wildman–Crippen MR) is 91.0 cm³/mol. The van der Waals surface area contributed by atoms with Crippen LogP contribution in [0.3, 0.4) is 0 Å². The maximum absolute atomic E-state index is 12.6. The van der Waals surface area contributed by atoms with Gasteiger partial charge in [0.05, 0.1) is 6.04 Å². The topological polar surface area (TPSA) is 73.9 Å². The summed E-state index contributed by atoms with van der Waals surface area (Å²) in [6.07, 6.45) is 5.28. The van der Waals surface area contributed by atoms with E-state index in [0.29, 0.717) is 5.92 Å². The maximum atomic E-state index is 12.6. The number of piperidine rings is 1. The van der Waals surface area contributed by atoms with Crippen LogP contribution in [0.5, 0.6) is 0 Å². The molecule has 24 heavy (non-hydrogen) atoms. The Morgan fingerprint density at radius 1 is 1.29 bits per heavy atom. The number of rotatable bonds is 2. The molecule has 1 aromatic carbocycles. The smallest absolute Gasteiger partial charge is 0.317 e. The van der Waals surface area contributed by atoms with Gasteiger partial charge in [-0.05, 0) is 48.9 Å². The Balaban J connectivity index is 1.35. The van der Waals surface area contributed by atoms with Crippen molar-refractivity contribution in [1.29, 1.82) is 0 Å². The van der Waals surface area contributed by atoms with Gasteiger partial charge in [-0.1, -0.05) is 17.7 Å². The third kappa shape index (κ3) is 2.98. The number of H-pyrrole nitrogens is 1. The molecule has 0 spiro atoms. The summed E-state index contributed by atoms with van der Waals surface area (Å²) in [7, 11) is 0. The Labute approximate surface area is 145 Å². The number of aryl methyl sites for hydroxylation is 1. The molecule has 2 N–H and O–H groups in total. The number of fused-ring (bicyclic) bond motifs is 1. The summed E-state index contributed by atoms with van der Waals surface area (Å²) in [5.74, 6) is 1.29. The Kier molecular flexibility index (Phi) is 4.14. The SMILES string of the molecule is O=C(N[C@H]1CCc2cc(Cl)ccc21)N1CCC(c2ncn[nH]2)CC1. The van der Waals surface area contributed by atoms with Crippen LogP contribution in [0.2, 0.25) is 5.02 Å². The molecule has 0 unspecified atom stereocenters. The molecular formula is C17H20ClN5O. The molecule has 1 saturated heterocycles. The van der Waals surface area contributed by atoms with Crippen LogP contribution in [0, 0.1) is 0 Å². The van der Waals surface area contributed by atoms with E-state index in [9.17, 15) is 4.79 Å². The highest BCUT2D eigenvalue weighted by molar-refractivity contribution is 6.30. The molecule has 6 nitrogen and oxygen atoms in total. The van der Waals surface area contributed by atoms with Gasteiger partial charge in [-0.25, -0.2) is 9.78 Å². The van der Waals surface area contributed by atoms with Gasteiger partial charge in [-0.2, -0.15) is 5.10 Å². The molecule has 0 saturated carbocycles. The summed E-state index contributed by atoms with van der Waals surface area (Å²) in [5, 5.41) is 10.8. The molecule has 1 aliphatic carbocycles. The molecule has 1 atom stereocenters. The van der Waals surface area contributed by atoms with Crippen molar-refractivity contribution >= 4 is 17.6 Å². The summed E-state index contributed by atoms with van der Waals surface area (Å²) in [5.41, 5.74) is 2.45. The molecule has 2 aliphatic rings. The summed E-state index contributed by atoms with van der Waals surface area (Å²) >= 11 is 6.05. The van der Waals surface area contributed by atoms with E-state index in [1.54, 1.807) is 0 Å². The number of aromatic amines is 1. The van der Waals surface area contributed by atoms with Crippen LogP contribution in [-0.2, 0) is 6.42 Å². The number of aromatic nitrogens is 3. The van der Waals surface area contributed by atoms with Crippen LogP contribution < -0.4 is 5.32 Å². The van der Waals surface area contributed by atoms with E-state index in [4.69, 9.17) is 11.6 Å². The van der Waals surface area contributed by atoms with Crippen LogP contribution in [-0.4, -0.2) is 39.2 Å². The number of nitrogens with zero attached hydrogens (tertiary/aromatic N) is 3. The van der Waals surface area contributed by atoms with Gasteiger partial charge in [0.2, 0.25) is 0 Å². The van der Waals surface area contributed by atoms with E-state index in [-0.39, 0.29) is 12.1 Å². The minimum Gasteiger partial charge on any atom is -0.331 e. The molecule has 1 aliphatic heterocycles. The second-order valence-corrected chi connectivity index (χ2v) is 6.95. The zero-order chi connectivity index (χ0) is 16.5. The second-order valence-electron chi connectivity index (χ2n) is 6.52. The average molecular weight is 346 g/mol. The number of carbonyl (C=O) groups excluding carboxylic acids is 1. The van der Waals surface area contributed by atoms with Gasteiger partial charge in [0.25, 0.3) is 0 Å². The molecule has 0 bridgehead atoms. The number of likely N-dealkylation sites (tertiary alicyclic amines) is 1. The van der Waals surface area contributed by atoms with E-state index in [1.807, 2.05) is 23.1 Å². The lowest BCUT2D eigenvalue weighted by Crippen LogP contribution is -2.45. The standard InChI is InChI=1S/C17H20ClN5O/c18-13-2-3-14-12(9-13)1-4-15(14)21-17(24)23-7-5-11(6-8-23)16-19-10-20-22-16/h2-3,9-11,15H,1,4-8H2,(H,21,24)(H,19,20,22)/t15-/m0/s1. The van der Waals surface area contributed by atoms with Crippen molar-refractivity contribution < 1.29 is 4.79 Å². The van der Waals surface area contributed by atoms with Gasteiger partial charge in [0.15, 0.2) is 0 Å². The van der Waals surface area contributed by atoms with Gasteiger partial charge in [0.1, 0.15) is 12.2 Å². The first-order valence-corrected chi connectivity index (χ1v) is 8.77. The van der Waals surface area contributed by atoms with Gasteiger partial charge < -0.3 is 10.2 Å². The van der Waals surface area contributed by atoms with Crippen LogP contribution in [0.25, 0.3) is 0 Å². The van der Waals surface area contributed by atoms with Crippen molar-refractivity contribution in [1.82, 2.24) is 25.4 Å². The summed E-state index contributed by atoms with van der Waals surface area (Å²) in [4.78, 5) is 18.7. The third-order valence-electron chi connectivity index (χ3n) is 5.08. The highest BCUT2D eigenvalue weighted by Gasteiger charge is 2.29. The zero-order valence-corrected chi connectivity index (χ0v) is 14.1. The van der Waals surface area contributed by atoms with Crippen LogP contribution >= 0.6 is 11.6 Å². The number of amides is 2. The van der Waals surface area contributed by atoms with Crippen molar-refractivity contribution in [3.63, 3.8) is 0 Å². The molecule has 4 rings (SSSR count). The number of carbonyl (C=O) groups is 1. The van der Waals surface area contributed by atoms with E-state index < -0.39 is 0 Å². The Morgan fingerprint density at radius 3 is 2.88 bits per heavy atom. The molecule has 1 fully saturated rings. The number of hydrogen-bond donors (Lipinski definition) is 2. The van der Waals surface area contributed by atoms with Crippen molar-refractivity contribution in [3.05, 3.63) is 46.5 Å². The first-order chi connectivity index (χ1) is 11.7. The largest absolute Gasteiger partial charge is 0.331 e. The minimum absolute atomic E-state index is 0.0267. The fraction of sp³-hybridized carbons (Fsp3) is 0.471. The molecule has 2 amide bonds. The lowest BCUT2D eigenvalue weighted by atomic mass is 9.96. The number of benzene rings is 1. The minimum atomic E-state index is 0.0267. The third-order valence-corrected chi connectivity index (χ3v) is 5.32. The number of urea groups is 1. The van der Waals surface area contributed by atoms with Gasteiger partial charge in [-0.3, -0.25) is 5.10 Å². The highest BCUT2D eigenvalue weighted by atomic mass is 35.5. The molecule has 2 aromatic rings. The molecule has 126 valence electrons. The van der Waals surface area contributed by atoms with Crippen LogP contribution in [0.15, 0.2) is 24.5 Å². The summed E-state index contributed by atoms with van der Waals surface area (Å²) < 4.78 is 0. The van der Waals surface area contributed by atoms with Crippen molar-refractivity contribution in [3.8, 4) is 0 Å². The summed E-state index contributed by atoms with van der Waals surface area (Å²) in [6, 6.07) is 6.06. The fourth-order valence-corrected chi connectivity index (χ4v) is 3.94.